The van der Waals surface area contributed by atoms with E-state index in [1.807, 2.05) is 25.1 Å². The largest absolute Gasteiger partial charge is 0.326 e. The first-order valence-corrected chi connectivity index (χ1v) is 12.6. The van der Waals surface area contributed by atoms with Crippen molar-refractivity contribution in [1.82, 2.24) is 19.7 Å². The maximum atomic E-state index is 13.1. The highest BCUT2D eigenvalue weighted by atomic mass is 32.2. The Morgan fingerprint density at radius 2 is 1.68 bits per heavy atom. The van der Waals surface area contributed by atoms with Crippen molar-refractivity contribution in [3.8, 4) is 0 Å². The summed E-state index contributed by atoms with van der Waals surface area (Å²) >= 11 is 1.44. The Labute approximate surface area is 205 Å². The van der Waals surface area contributed by atoms with Crippen LogP contribution in [0.15, 0.2) is 59.8 Å². The first kappa shape index (κ1) is 24.2. The predicted molar refractivity (Wildman–Crippen MR) is 135 cm³/mol. The van der Waals surface area contributed by atoms with Crippen molar-refractivity contribution in [3.05, 3.63) is 71.5 Å². The summed E-state index contributed by atoms with van der Waals surface area (Å²) in [5.41, 5.74) is 2.46. The molecule has 1 aliphatic rings. The van der Waals surface area contributed by atoms with Crippen LogP contribution in [0.25, 0.3) is 0 Å². The highest BCUT2D eigenvalue weighted by Crippen LogP contribution is 2.27. The average Bonchev–Trinajstić information content (AvgIpc) is 3.20. The van der Waals surface area contributed by atoms with Crippen LogP contribution in [0.3, 0.4) is 0 Å². The number of hydrogen-bond acceptors (Lipinski definition) is 6. The Bertz CT molecular complexity index is 1110. The fourth-order valence-corrected chi connectivity index (χ4v) is 5.08. The topological polar surface area (TPSA) is 80.1 Å². The van der Waals surface area contributed by atoms with Gasteiger partial charge in [-0.1, -0.05) is 48.5 Å². The van der Waals surface area contributed by atoms with Crippen LogP contribution in [0, 0.1) is 0 Å². The molecule has 1 unspecified atom stereocenters. The van der Waals surface area contributed by atoms with E-state index in [0.717, 1.165) is 30.6 Å². The van der Waals surface area contributed by atoms with Crippen molar-refractivity contribution in [1.29, 1.82) is 0 Å². The second kappa shape index (κ2) is 11.4. The molecule has 2 aromatic carbocycles. The molecule has 1 aliphatic heterocycles. The van der Waals surface area contributed by atoms with Crippen molar-refractivity contribution in [2.24, 2.45) is 0 Å². The number of nitrogens with one attached hydrogen (secondary N) is 1. The average molecular weight is 478 g/mol. The van der Waals surface area contributed by atoms with Gasteiger partial charge in [-0.15, -0.1) is 10.2 Å². The number of carbonyl (C=O) groups is 2. The third-order valence-corrected chi connectivity index (χ3v) is 7.01. The number of nitrogens with zero attached hydrogens (tertiary/aromatic N) is 4. The Balaban J connectivity index is 1.51. The fourth-order valence-electron chi connectivity index (χ4n) is 4.13. The molecule has 1 aromatic heterocycles. The van der Waals surface area contributed by atoms with Gasteiger partial charge in [-0.05, 0) is 62.7 Å². The van der Waals surface area contributed by atoms with E-state index in [2.05, 4.69) is 37.1 Å². The minimum Gasteiger partial charge on any atom is -0.326 e. The number of amides is 1. The van der Waals surface area contributed by atoms with Crippen molar-refractivity contribution >= 4 is 29.1 Å². The molecule has 1 atom stereocenters. The molecule has 1 fully saturated rings. The van der Waals surface area contributed by atoms with Gasteiger partial charge >= 0.3 is 0 Å². The number of piperidine rings is 1. The summed E-state index contributed by atoms with van der Waals surface area (Å²) in [6.07, 6.45) is 3.74. The molecule has 0 bridgehead atoms. The third-order valence-electron chi connectivity index (χ3n) is 5.93. The number of carbonyl (C=O) groups excluding carboxylic acids is 2. The molecule has 7 nitrogen and oxygen atoms in total. The molecule has 0 saturated carbocycles. The van der Waals surface area contributed by atoms with E-state index < -0.39 is 0 Å². The highest BCUT2D eigenvalue weighted by molar-refractivity contribution is 8.00. The number of anilines is 1. The van der Waals surface area contributed by atoms with Crippen LogP contribution in [-0.4, -0.2) is 49.7 Å². The number of likely N-dealkylation sites (tertiary alicyclic amines) is 1. The van der Waals surface area contributed by atoms with Crippen LogP contribution in [-0.2, 0) is 17.9 Å². The second-order valence-electron chi connectivity index (χ2n) is 8.69. The van der Waals surface area contributed by atoms with E-state index in [1.165, 1.54) is 43.5 Å². The molecular weight excluding hydrogens is 446 g/mol. The van der Waals surface area contributed by atoms with E-state index in [0.29, 0.717) is 17.8 Å². The number of thioether (sulfide) groups is 1. The van der Waals surface area contributed by atoms with Gasteiger partial charge < -0.3 is 9.88 Å². The molecule has 1 N–H and O–H groups in total. The Morgan fingerprint density at radius 3 is 2.35 bits per heavy atom. The van der Waals surface area contributed by atoms with Gasteiger partial charge in [-0.2, -0.15) is 0 Å². The van der Waals surface area contributed by atoms with E-state index in [1.54, 1.807) is 24.3 Å². The SMILES string of the molecule is CC(=O)Nc1ccc(C(=O)C(C)Sc2nnc(CN3CCCCC3)n2Cc2ccccc2)cc1. The summed E-state index contributed by atoms with van der Waals surface area (Å²) < 4.78 is 2.15. The van der Waals surface area contributed by atoms with Crippen LogP contribution < -0.4 is 5.32 Å². The summed E-state index contributed by atoms with van der Waals surface area (Å²) in [5, 5.41) is 12.2. The molecule has 0 radical (unpaired) electrons. The lowest BCUT2D eigenvalue weighted by molar-refractivity contribution is -0.114. The quantitative estimate of drug-likeness (QED) is 0.357. The molecule has 1 amide bonds. The Hall–Kier alpha value is -2.97. The normalized spacial score (nSPS) is 15.1. The number of hydrogen-bond donors (Lipinski definition) is 1. The van der Waals surface area contributed by atoms with Gasteiger partial charge in [0.1, 0.15) is 5.82 Å². The van der Waals surface area contributed by atoms with Crippen LogP contribution in [0.4, 0.5) is 5.69 Å². The number of benzene rings is 2. The maximum Gasteiger partial charge on any atom is 0.221 e. The molecule has 178 valence electrons. The van der Waals surface area contributed by atoms with Gasteiger partial charge in [0, 0.05) is 18.2 Å². The van der Waals surface area contributed by atoms with Crippen LogP contribution in [0.2, 0.25) is 0 Å². The minimum atomic E-state index is -0.326. The molecule has 34 heavy (non-hydrogen) atoms. The molecule has 8 heteroatoms. The molecule has 1 saturated heterocycles. The molecule has 0 aliphatic carbocycles. The lowest BCUT2D eigenvalue weighted by atomic mass is 10.1. The van der Waals surface area contributed by atoms with Gasteiger partial charge in [0.2, 0.25) is 5.91 Å². The summed E-state index contributed by atoms with van der Waals surface area (Å²) in [7, 11) is 0. The number of ketones is 1. The number of rotatable bonds is 9. The summed E-state index contributed by atoms with van der Waals surface area (Å²) in [4.78, 5) is 26.8. The first-order valence-electron chi connectivity index (χ1n) is 11.8. The third kappa shape index (κ3) is 6.33. The Kier molecular flexibility index (Phi) is 8.13. The van der Waals surface area contributed by atoms with Crippen molar-refractivity contribution in [2.75, 3.05) is 18.4 Å². The summed E-state index contributed by atoms with van der Waals surface area (Å²) in [6, 6.07) is 17.3. The van der Waals surface area contributed by atoms with Crippen LogP contribution in [0.1, 0.15) is 54.9 Å². The van der Waals surface area contributed by atoms with E-state index in [9.17, 15) is 9.59 Å². The van der Waals surface area contributed by atoms with Crippen LogP contribution >= 0.6 is 11.8 Å². The van der Waals surface area contributed by atoms with Gasteiger partial charge in [0.15, 0.2) is 10.9 Å². The van der Waals surface area contributed by atoms with Gasteiger partial charge in [-0.3, -0.25) is 14.5 Å². The fraction of sp³-hybridized carbons (Fsp3) is 0.385. The maximum absolute atomic E-state index is 13.1. The van der Waals surface area contributed by atoms with E-state index in [-0.39, 0.29) is 16.9 Å². The lowest BCUT2D eigenvalue weighted by Gasteiger charge is -2.26. The summed E-state index contributed by atoms with van der Waals surface area (Å²) in [6.45, 7) is 6.98. The van der Waals surface area contributed by atoms with Gasteiger partial charge in [0.05, 0.1) is 18.3 Å². The van der Waals surface area contributed by atoms with Crippen molar-refractivity contribution in [2.45, 2.75) is 56.6 Å². The van der Waals surface area contributed by atoms with Gasteiger partial charge in [0.25, 0.3) is 0 Å². The van der Waals surface area contributed by atoms with Crippen molar-refractivity contribution < 1.29 is 9.59 Å². The zero-order chi connectivity index (χ0) is 23.9. The first-order chi connectivity index (χ1) is 16.5. The van der Waals surface area contributed by atoms with Gasteiger partial charge in [-0.25, -0.2) is 0 Å². The monoisotopic (exact) mass is 477 g/mol. The molecular formula is C26H31N5O2S. The minimum absolute atomic E-state index is 0.0196. The molecule has 3 aromatic rings. The van der Waals surface area contributed by atoms with E-state index in [4.69, 9.17) is 0 Å². The number of aromatic nitrogens is 3. The highest BCUT2D eigenvalue weighted by Gasteiger charge is 2.23. The zero-order valence-corrected chi connectivity index (χ0v) is 20.6. The zero-order valence-electron chi connectivity index (χ0n) is 19.7. The molecule has 4 rings (SSSR count). The lowest BCUT2D eigenvalue weighted by Crippen LogP contribution is -2.30. The molecule has 2 heterocycles. The standard InChI is InChI=1S/C26H31N5O2S/c1-19(25(33)22-11-13-23(14-12-22)27-20(2)32)34-26-29-28-24(18-30-15-7-4-8-16-30)31(26)17-21-9-5-3-6-10-21/h3,5-6,9-14,19H,4,7-8,15-18H2,1-2H3,(H,27,32). The van der Waals surface area contributed by atoms with Crippen molar-refractivity contribution in [3.63, 3.8) is 0 Å². The number of Topliss-reactive ketones (excluding diaryl/α,β-unsaturated/α-hetero) is 1. The van der Waals surface area contributed by atoms with E-state index >= 15 is 0 Å². The smallest absolute Gasteiger partial charge is 0.221 e. The second-order valence-corrected chi connectivity index (χ2v) is 10.00. The summed E-state index contributed by atoms with van der Waals surface area (Å²) in [5.74, 6) is 0.819. The van der Waals surface area contributed by atoms with Crippen LogP contribution in [0.5, 0.6) is 0 Å². The molecule has 0 spiro atoms. The predicted octanol–water partition coefficient (Wildman–Crippen LogP) is 4.63. The Morgan fingerprint density at radius 1 is 0.971 bits per heavy atom.